The van der Waals surface area contributed by atoms with Crippen LogP contribution in [0.4, 0.5) is 0 Å². The van der Waals surface area contributed by atoms with Crippen LogP contribution in [-0.4, -0.2) is 6.61 Å². The first kappa shape index (κ1) is 18.4. The third kappa shape index (κ3) is 4.22. The van der Waals surface area contributed by atoms with Gasteiger partial charge in [-0.05, 0) is 24.6 Å². The molecule has 0 heterocycles. The molecule has 0 fully saturated rings. The molecule has 1 nitrogen and oxygen atoms in total. The van der Waals surface area contributed by atoms with E-state index in [-0.39, 0.29) is 0 Å². The van der Waals surface area contributed by atoms with Crippen LogP contribution in [0.5, 0.6) is 5.75 Å². The van der Waals surface area contributed by atoms with Gasteiger partial charge in [0.05, 0.1) is 6.61 Å². The topological polar surface area (TPSA) is 9.23 Å². The molecule has 0 spiro atoms. The summed E-state index contributed by atoms with van der Waals surface area (Å²) in [6.07, 6.45) is 7.49. The van der Waals surface area contributed by atoms with E-state index in [1.807, 2.05) is 24.3 Å². The number of unbranched alkanes of at least 4 members (excludes halogenated alkanes) is 5. The van der Waals surface area contributed by atoms with Gasteiger partial charge in [-0.3, -0.25) is 0 Å². The Kier molecular flexibility index (Phi) is 6.45. The van der Waals surface area contributed by atoms with Gasteiger partial charge in [0.25, 0.3) is 0 Å². The van der Waals surface area contributed by atoms with E-state index in [0.29, 0.717) is 0 Å². The van der Waals surface area contributed by atoms with E-state index in [1.54, 1.807) is 0 Å². The lowest BCUT2D eigenvalue weighted by Crippen LogP contribution is -1.99. The van der Waals surface area contributed by atoms with Crippen LogP contribution in [-0.2, 0) is 0 Å². The van der Waals surface area contributed by atoms with Crippen molar-refractivity contribution in [3.63, 3.8) is 0 Å². The minimum atomic E-state index is 0.722. The lowest BCUT2D eigenvalue weighted by atomic mass is 10.0. The highest BCUT2D eigenvalue weighted by atomic mass is 35.5. The molecule has 3 aromatic rings. The van der Waals surface area contributed by atoms with E-state index >= 15 is 0 Å². The maximum absolute atomic E-state index is 6.42. The summed E-state index contributed by atoms with van der Waals surface area (Å²) in [5.41, 5.74) is 0. The van der Waals surface area contributed by atoms with E-state index in [4.69, 9.17) is 27.9 Å². The van der Waals surface area contributed by atoms with Gasteiger partial charge in [-0.2, -0.15) is 0 Å². The normalized spacial score (nSPS) is 11.3. The quantitative estimate of drug-likeness (QED) is 0.286. The zero-order valence-corrected chi connectivity index (χ0v) is 16.2. The molecule has 0 unspecified atom stereocenters. The van der Waals surface area contributed by atoms with Gasteiger partial charge in [0.15, 0.2) is 0 Å². The van der Waals surface area contributed by atoms with Gasteiger partial charge in [-0.15, -0.1) is 0 Å². The van der Waals surface area contributed by atoms with Crippen molar-refractivity contribution >= 4 is 44.7 Å². The molecule has 0 aromatic heterocycles. The van der Waals surface area contributed by atoms with Gasteiger partial charge >= 0.3 is 0 Å². The second-order valence-corrected chi connectivity index (χ2v) is 7.31. The van der Waals surface area contributed by atoms with E-state index in [1.165, 1.54) is 32.1 Å². The van der Waals surface area contributed by atoms with E-state index < -0.39 is 0 Å². The molecule has 0 aliphatic rings. The maximum atomic E-state index is 6.42. The fourth-order valence-electron chi connectivity index (χ4n) is 3.26. The monoisotopic (exact) mass is 374 g/mol. The van der Waals surface area contributed by atoms with Crippen LogP contribution in [0.1, 0.15) is 45.4 Å². The van der Waals surface area contributed by atoms with Gasteiger partial charge in [0.1, 0.15) is 5.75 Å². The molecule has 3 rings (SSSR count). The van der Waals surface area contributed by atoms with Crippen LogP contribution in [0.25, 0.3) is 21.5 Å². The molecule has 0 saturated carbocycles. The highest BCUT2D eigenvalue weighted by Crippen LogP contribution is 2.40. The minimum Gasteiger partial charge on any atom is -0.492 e. The number of benzene rings is 3. The smallest absolute Gasteiger partial charge is 0.135 e. The SMILES string of the molecule is CCCCCCCCOc1c2cccc(Cl)c2cc2c(Cl)cccc12. The third-order valence-electron chi connectivity index (χ3n) is 4.63. The fraction of sp³-hybridized carbons (Fsp3) is 0.364. The zero-order chi connectivity index (χ0) is 17.6. The molecule has 3 aromatic carbocycles. The Bertz CT molecular complexity index is 797. The number of rotatable bonds is 8. The van der Waals surface area contributed by atoms with Gasteiger partial charge in [0, 0.05) is 31.6 Å². The predicted molar refractivity (Wildman–Crippen MR) is 110 cm³/mol. The Labute approximate surface area is 159 Å². The predicted octanol–water partition coefficient (Wildman–Crippen LogP) is 8.04. The first-order valence-corrected chi connectivity index (χ1v) is 9.90. The Morgan fingerprint density at radius 1 is 0.720 bits per heavy atom. The number of hydrogen-bond acceptors (Lipinski definition) is 1. The van der Waals surface area contributed by atoms with Crippen molar-refractivity contribution in [1.82, 2.24) is 0 Å². The van der Waals surface area contributed by atoms with Crippen molar-refractivity contribution < 1.29 is 4.74 Å². The molecule has 0 aliphatic carbocycles. The number of ether oxygens (including phenoxy) is 1. The number of halogens is 2. The van der Waals surface area contributed by atoms with E-state index in [9.17, 15) is 0 Å². The van der Waals surface area contributed by atoms with Crippen LogP contribution >= 0.6 is 23.2 Å². The molecule has 0 amide bonds. The molecule has 132 valence electrons. The van der Waals surface area contributed by atoms with Crippen LogP contribution in [0, 0.1) is 0 Å². The Morgan fingerprint density at radius 2 is 1.28 bits per heavy atom. The summed E-state index contributed by atoms with van der Waals surface area (Å²) in [5, 5.41) is 5.53. The molecule has 25 heavy (non-hydrogen) atoms. The minimum absolute atomic E-state index is 0.722. The molecular weight excluding hydrogens is 351 g/mol. The second kappa shape index (κ2) is 8.78. The van der Waals surface area contributed by atoms with Crippen molar-refractivity contribution in [1.29, 1.82) is 0 Å². The summed E-state index contributed by atoms with van der Waals surface area (Å²) in [5.74, 6) is 0.894. The standard InChI is InChI=1S/C22H24Cl2O/c1-2-3-4-5-6-7-14-25-22-16-10-8-12-20(23)18(16)15-19-17(22)11-9-13-21(19)24/h8-13,15H,2-7,14H2,1H3. The molecular formula is C22H24Cl2O. The van der Waals surface area contributed by atoms with Crippen molar-refractivity contribution in [2.24, 2.45) is 0 Å². The highest BCUT2D eigenvalue weighted by molar-refractivity contribution is 6.38. The van der Waals surface area contributed by atoms with Crippen LogP contribution in [0.15, 0.2) is 42.5 Å². The largest absolute Gasteiger partial charge is 0.492 e. The lowest BCUT2D eigenvalue weighted by molar-refractivity contribution is 0.311. The average Bonchev–Trinajstić information content (AvgIpc) is 2.61. The summed E-state index contributed by atoms with van der Waals surface area (Å²) >= 11 is 12.8. The average molecular weight is 375 g/mol. The molecule has 0 saturated heterocycles. The summed E-state index contributed by atoms with van der Waals surface area (Å²) in [6.45, 7) is 2.96. The van der Waals surface area contributed by atoms with E-state index in [2.05, 4.69) is 25.1 Å². The van der Waals surface area contributed by atoms with Crippen LogP contribution in [0.2, 0.25) is 10.0 Å². The first-order chi connectivity index (χ1) is 12.2. The van der Waals surface area contributed by atoms with Gasteiger partial charge < -0.3 is 4.74 Å². The molecule has 0 bridgehead atoms. The molecule has 0 atom stereocenters. The molecule has 0 N–H and O–H groups in total. The van der Waals surface area contributed by atoms with E-state index in [0.717, 1.165) is 50.4 Å². The van der Waals surface area contributed by atoms with Crippen molar-refractivity contribution in [2.45, 2.75) is 45.4 Å². The van der Waals surface area contributed by atoms with Crippen LogP contribution < -0.4 is 4.74 Å². The lowest BCUT2D eigenvalue weighted by Gasteiger charge is -2.14. The summed E-state index contributed by atoms with van der Waals surface area (Å²) < 4.78 is 6.23. The van der Waals surface area contributed by atoms with Crippen LogP contribution in [0.3, 0.4) is 0 Å². The zero-order valence-electron chi connectivity index (χ0n) is 14.7. The maximum Gasteiger partial charge on any atom is 0.135 e. The molecule has 0 aliphatic heterocycles. The fourth-order valence-corrected chi connectivity index (χ4v) is 3.72. The molecule has 0 radical (unpaired) electrons. The third-order valence-corrected chi connectivity index (χ3v) is 5.29. The summed E-state index contributed by atoms with van der Waals surface area (Å²) in [7, 11) is 0. The second-order valence-electron chi connectivity index (χ2n) is 6.49. The van der Waals surface area contributed by atoms with Gasteiger partial charge in [0.2, 0.25) is 0 Å². The number of fused-ring (bicyclic) bond motifs is 2. The summed E-state index contributed by atoms with van der Waals surface area (Å²) in [4.78, 5) is 0. The Morgan fingerprint density at radius 3 is 1.88 bits per heavy atom. The Balaban J connectivity index is 1.86. The first-order valence-electron chi connectivity index (χ1n) is 9.14. The van der Waals surface area contributed by atoms with Gasteiger partial charge in [-0.25, -0.2) is 0 Å². The van der Waals surface area contributed by atoms with Gasteiger partial charge in [-0.1, -0.05) is 86.5 Å². The Hall–Kier alpha value is -1.44. The highest BCUT2D eigenvalue weighted by Gasteiger charge is 2.12. The number of hydrogen-bond donors (Lipinski definition) is 0. The van der Waals surface area contributed by atoms with Crippen molar-refractivity contribution in [3.8, 4) is 5.75 Å². The van der Waals surface area contributed by atoms with Crippen molar-refractivity contribution in [2.75, 3.05) is 6.61 Å². The molecule has 3 heteroatoms. The summed E-state index contributed by atoms with van der Waals surface area (Å²) in [6, 6.07) is 14.0. The van der Waals surface area contributed by atoms with Crippen molar-refractivity contribution in [3.05, 3.63) is 52.5 Å².